The van der Waals surface area contributed by atoms with Gasteiger partial charge in [-0.05, 0) is 50.6 Å². The minimum atomic E-state index is -0.997. The van der Waals surface area contributed by atoms with Crippen molar-refractivity contribution in [3.63, 3.8) is 0 Å². The summed E-state index contributed by atoms with van der Waals surface area (Å²) < 4.78 is 0. The van der Waals surface area contributed by atoms with Crippen molar-refractivity contribution in [2.45, 2.75) is 57.8 Å². The first kappa shape index (κ1) is 26.2. The molecule has 2 aliphatic rings. The number of carbonyl (C=O) groups excluding carboxylic acids is 3. The third kappa shape index (κ3) is 7.50. The second kappa shape index (κ2) is 12.2. The summed E-state index contributed by atoms with van der Waals surface area (Å²) in [5.74, 6) is 0.150. The highest BCUT2D eigenvalue weighted by Gasteiger charge is 2.38. The Morgan fingerprint density at radius 3 is 2.62 bits per heavy atom. The minimum Gasteiger partial charge on any atom is -0.342 e. The van der Waals surface area contributed by atoms with Gasteiger partial charge in [-0.15, -0.1) is 11.8 Å². The number of likely N-dealkylation sites (N-methyl/N-ethyl adjacent to an activating group) is 1. The molecule has 0 aromatic heterocycles. The molecule has 0 aliphatic carbocycles. The topological polar surface area (TPSA) is 117 Å². The third-order valence-corrected chi connectivity index (χ3v) is 6.85. The minimum absolute atomic E-state index is 0.112. The Kier molecular flexibility index (Phi) is 9.99. The molecule has 2 aliphatic heterocycles. The van der Waals surface area contributed by atoms with Gasteiger partial charge in [0.1, 0.15) is 12.2 Å². The number of nitrogens with zero attached hydrogens (tertiary/aromatic N) is 1. The molecule has 0 spiro atoms. The molecule has 9 heteroatoms. The lowest BCUT2D eigenvalue weighted by Gasteiger charge is -2.35. The van der Waals surface area contributed by atoms with Crippen LogP contribution in [-0.2, 0) is 14.4 Å². The predicted molar refractivity (Wildman–Crippen MR) is 130 cm³/mol. The van der Waals surface area contributed by atoms with E-state index in [-0.39, 0.29) is 23.6 Å². The Hall–Kier alpha value is -2.10. The van der Waals surface area contributed by atoms with Crippen LogP contribution in [0.15, 0.2) is 35.3 Å². The Labute approximate surface area is 195 Å². The molecule has 3 amide bonds. The van der Waals surface area contributed by atoms with E-state index in [0.717, 1.165) is 11.3 Å². The summed E-state index contributed by atoms with van der Waals surface area (Å²) >= 11 is 1.66. The van der Waals surface area contributed by atoms with Crippen LogP contribution in [0.2, 0.25) is 0 Å². The SMILES string of the molecule is CC(=O)N[C@@H](C)N(C)C(=O)[C@@H](C/C1=C/SC/C=C\C=C/C1C)NC(=O)C1(N)CCNCC1. The van der Waals surface area contributed by atoms with Crippen molar-refractivity contribution in [2.24, 2.45) is 11.7 Å². The number of thioether (sulfide) groups is 1. The molecule has 3 atom stereocenters. The highest BCUT2D eigenvalue weighted by Crippen LogP contribution is 2.25. The molecule has 0 saturated carbocycles. The van der Waals surface area contributed by atoms with E-state index < -0.39 is 17.7 Å². The fourth-order valence-electron chi connectivity index (χ4n) is 3.71. The van der Waals surface area contributed by atoms with Gasteiger partial charge < -0.3 is 26.6 Å². The molecule has 1 saturated heterocycles. The van der Waals surface area contributed by atoms with Crippen LogP contribution in [0, 0.1) is 5.92 Å². The number of rotatable bonds is 7. The van der Waals surface area contributed by atoms with Crippen molar-refractivity contribution in [2.75, 3.05) is 25.9 Å². The van der Waals surface area contributed by atoms with Crippen LogP contribution in [0.3, 0.4) is 0 Å². The van der Waals surface area contributed by atoms with Gasteiger partial charge in [-0.3, -0.25) is 14.4 Å². The van der Waals surface area contributed by atoms with Crippen LogP contribution < -0.4 is 21.7 Å². The van der Waals surface area contributed by atoms with Crippen molar-refractivity contribution in [3.05, 3.63) is 35.3 Å². The van der Waals surface area contributed by atoms with E-state index in [2.05, 4.69) is 40.4 Å². The van der Waals surface area contributed by atoms with E-state index >= 15 is 0 Å². The number of allylic oxidation sites excluding steroid dienone is 3. The first-order valence-corrected chi connectivity index (χ1v) is 12.2. The van der Waals surface area contributed by atoms with Crippen molar-refractivity contribution < 1.29 is 14.4 Å². The summed E-state index contributed by atoms with van der Waals surface area (Å²) in [5, 5.41) is 11.0. The van der Waals surface area contributed by atoms with Gasteiger partial charge >= 0.3 is 0 Å². The normalized spacial score (nSPS) is 26.0. The highest BCUT2D eigenvalue weighted by atomic mass is 32.2. The monoisotopic (exact) mass is 463 g/mol. The van der Waals surface area contributed by atoms with Gasteiger partial charge in [0.15, 0.2) is 0 Å². The Morgan fingerprint density at radius 1 is 1.28 bits per heavy atom. The molecule has 0 aromatic rings. The standard InChI is InChI=1S/C23H37N5O3S/c1-16-8-6-5-7-13-32-15-19(16)14-20(21(30)28(4)17(2)26-18(3)29)27-22(31)23(24)9-11-25-12-10-23/h5-8,15-17,20,25H,9-14,24H2,1-4H3,(H,26,29)(H,27,31)/b7-5-,8-6-,19-15-/t16?,17-,20-/m1/s1. The average molecular weight is 464 g/mol. The van der Waals surface area contributed by atoms with Crippen LogP contribution in [0.4, 0.5) is 0 Å². The maximum atomic E-state index is 13.4. The van der Waals surface area contributed by atoms with E-state index in [1.54, 1.807) is 25.7 Å². The summed E-state index contributed by atoms with van der Waals surface area (Å²) in [6.45, 7) is 6.55. The Bertz CT molecular complexity index is 774. The molecule has 0 bridgehead atoms. The van der Waals surface area contributed by atoms with Crippen LogP contribution in [-0.4, -0.2) is 66.3 Å². The fraction of sp³-hybridized carbons (Fsp3) is 0.609. The predicted octanol–water partition coefficient (Wildman–Crippen LogP) is 1.26. The van der Waals surface area contributed by atoms with E-state index in [1.807, 2.05) is 12.2 Å². The summed E-state index contributed by atoms with van der Waals surface area (Å²) in [4.78, 5) is 39.5. The van der Waals surface area contributed by atoms with Gasteiger partial charge in [0, 0.05) is 19.7 Å². The number of hydrogen-bond donors (Lipinski definition) is 4. The molecule has 0 aromatic carbocycles. The molecule has 178 valence electrons. The van der Waals surface area contributed by atoms with Gasteiger partial charge in [-0.1, -0.05) is 36.8 Å². The van der Waals surface area contributed by atoms with E-state index in [0.29, 0.717) is 32.4 Å². The summed E-state index contributed by atoms with van der Waals surface area (Å²) in [6, 6.07) is -0.782. The Morgan fingerprint density at radius 2 is 1.97 bits per heavy atom. The van der Waals surface area contributed by atoms with Gasteiger partial charge in [0.05, 0.1) is 5.54 Å². The van der Waals surface area contributed by atoms with E-state index in [4.69, 9.17) is 5.73 Å². The van der Waals surface area contributed by atoms with Crippen molar-refractivity contribution in [1.29, 1.82) is 0 Å². The van der Waals surface area contributed by atoms with Crippen molar-refractivity contribution in [3.8, 4) is 0 Å². The number of piperidine rings is 1. The molecule has 8 nitrogen and oxygen atoms in total. The van der Waals surface area contributed by atoms with Crippen LogP contribution in [0.1, 0.15) is 40.0 Å². The van der Waals surface area contributed by atoms with E-state index in [1.165, 1.54) is 11.8 Å². The van der Waals surface area contributed by atoms with Crippen LogP contribution in [0.5, 0.6) is 0 Å². The van der Waals surface area contributed by atoms with Gasteiger partial charge in [0.2, 0.25) is 17.7 Å². The lowest BCUT2D eigenvalue weighted by atomic mass is 9.87. The third-order valence-electron chi connectivity index (χ3n) is 5.99. The smallest absolute Gasteiger partial charge is 0.246 e. The number of carbonyl (C=O) groups is 3. The second-order valence-corrected chi connectivity index (χ2v) is 9.49. The van der Waals surface area contributed by atoms with Crippen LogP contribution in [0.25, 0.3) is 0 Å². The highest BCUT2D eigenvalue weighted by molar-refractivity contribution is 8.02. The van der Waals surface area contributed by atoms with Gasteiger partial charge in [-0.25, -0.2) is 0 Å². The molecule has 5 N–H and O–H groups in total. The number of hydrogen-bond acceptors (Lipinski definition) is 6. The zero-order valence-corrected chi connectivity index (χ0v) is 20.3. The number of nitrogens with one attached hydrogen (secondary N) is 3. The number of nitrogens with two attached hydrogens (primary N) is 1. The molecule has 32 heavy (non-hydrogen) atoms. The Balaban J connectivity index is 2.25. The lowest BCUT2D eigenvalue weighted by molar-refractivity contribution is -0.139. The molecule has 2 rings (SSSR count). The summed E-state index contributed by atoms with van der Waals surface area (Å²) in [5.41, 5.74) is 6.47. The molecule has 1 unspecified atom stereocenters. The largest absolute Gasteiger partial charge is 0.342 e. The average Bonchev–Trinajstić information content (AvgIpc) is 2.84. The lowest BCUT2D eigenvalue weighted by Crippen LogP contribution is -2.62. The zero-order valence-electron chi connectivity index (χ0n) is 19.5. The molecular weight excluding hydrogens is 426 g/mol. The molecule has 0 radical (unpaired) electrons. The first-order chi connectivity index (χ1) is 15.1. The maximum Gasteiger partial charge on any atom is 0.246 e. The summed E-state index contributed by atoms with van der Waals surface area (Å²) in [6.07, 6.45) is 9.08. The fourth-order valence-corrected chi connectivity index (χ4v) is 4.55. The second-order valence-electron chi connectivity index (χ2n) is 8.59. The quantitative estimate of drug-likeness (QED) is 0.423. The molecular formula is C23H37N5O3S. The zero-order chi connectivity index (χ0) is 23.7. The molecule has 2 heterocycles. The van der Waals surface area contributed by atoms with E-state index in [9.17, 15) is 14.4 Å². The number of amides is 3. The van der Waals surface area contributed by atoms with Gasteiger partial charge in [0.25, 0.3) is 0 Å². The molecule has 1 fully saturated rings. The van der Waals surface area contributed by atoms with Crippen molar-refractivity contribution >= 4 is 29.5 Å². The van der Waals surface area contributed by atoms with Gasteiger partial charge in [-0.2, -0.15) is 0 Å². The van der Waals surface area contributed by atoms with Crippen LogP contribution >= 0.6 is 11.8 Å². The summed E-state index contributed by atoms with van der Waals surface area (Å²) in [7, 11) is 1.63. The maximum absolute atomic E-state index is 13.4. The first-order valence-electron chi connectivity index (χ1n) is 11.1. The van der Waals surface area contributed by atoms with Crippen molar-refractivity contribution in [1.82, 2.24) is 20.9 Å².